The van der Waals surface area contributed by atoms with Crippen LogP contribution in [0.5, 0.6) is 5.75 Å². The van der Waals surface area contributed by atoms with E-state index in [4.69, 9.17) is 10.5 Å². The molecule has 2 atom stereocenters. The first-order valence-electron chi connectivity index (χ1n) is 11.4. The molecule has 10 heteroatoms. The van der Waals surface area contributed by atoms with Gasteiger partial charge in [0.2, 0.25) is 0 Å². The Morgan fingerprint density at radius 1 is 1.14 bits per heavy atom. The standard InChI is InChI=1S/C26H24BrFN4O4/c1-2-21(33)17-8-9-19(28)23(24(17)36-25(34)15-5-3-14(12-29)4-6-15)18-11-20(18)31-26(35)32-22-10-7-16(27)13-30-22/h3-10,13,18,20H,2,11-12,29H2,1H3,(H2,30,31,32,35)/t18-,20+/m1/s1. The number of pyridine rings is 1. The van der Waals surface area contributed by atoms with Crippen LogP contribution < -0.4 is 21.1 Å². The molecule has 36 heavy (non-hydrogen) atoms. The van der Waals surface area contributed by atoms with Gasteiger partial charge in [-0.1, -0.05) is 19.1 Å². The van der Waals surface area contributed by atoms with Gasteiger partial charge in [0.1, 0.15) is 17.4 Å². The van der Waals surface area contributed by atoms with Crippen LogP contribution in [0.15, 0.2) is 59.2 Å². The van der Waals surface area contributed by atoms with Crippen molar-refractivity contribution in [1.29, 1.82) is 0 Å². The number of ketones is 1. The van der Waals surface area contributed by atoms with Gasteiger partial charge in [0, 0.05) is 41.2 Å². The van der Waals surface area contributed by atoms with Gasteiger partial charge >= 0.3 is 12.0 Å². The molecule has 0 spiro atoms. The highest BCUT2D eigenvalue weighted by Crippen LogP contribution is 2.47. The van der Waals surface area contributed by atoms with Gasteiger partial charge < -0.3 is 15.8 Å². The molecule has 1 aliphatic rings. The zero-order chi connectivity index (χ0) is 25.8. The first-order chi connectivity index (χ1) is 17.3. The molecule has 0 radical (unpaired) electrons. The van der Waals surface area contributed by atoms with Crippen LogP contribution >= 0.6 is 15.9 Å². The molecule has 4 N–H and O–H groups in total. The number of amides is 2. The number of rotatable bonds is 8. The van der Waals surface area contributed by atoms with Crippen LogP contribution in [0, 0.1) is 5.82 Å². The summed E-state index contributed by atoms with van der Waals surface area (Å²) in [4.78, 5) is 42.0. The van der Waals surface area contributed by atoms with Crippen molar-refractivity contribution in [1.82, 2.24) is 10.3 Å². The summed E-state index contributed by atoms with van der Waals surface area (Å²) >= 11 is 3.28. The number of carbonyl (C=O) groups excluding carboxylic acids is 3. The summed E-state index contributed by atoms with van der Waals surface area (Å²) in [6.07, 6.45) is 2.11. The molecule has 1 aromatic heterocycles. The molecule has 0 saturated heterocycles. The highest BCUT2D eigenvalue weighted by molar-refractivity contribution is 9.10. The first-order valence-corrected chi connectivity index (χ1v) is 12.2. The van der Waals surface area contributed by atoms with Crippen molar-refractivity contribution in [2.24, 2.45) is 5.73 Å². The third-order valence-corrected chi connectivity index (χ3v) is 6.30. The van der Waals surface area contributed by atoms with E-state index in [0.717, 1.165) is 10.0 Å². The van der Waals surface area contributed by atoms with Gasteiger partial charge in [0.25, 0.3) is 0 Å². The minimum Gasteiger partial charge on any atom is -0.422 e. The highest BCUT2D eigenvalue weighted by Gasteiger charge is 2.44. The lowest BCUT2D eigenvalue weighted by Gasteiger charge is -2.15. The zero-order valence-electron chi connectivity index (χ0n) is 19.4. The van der Waals surface area contributed by atoms with Crippen LogP contribution in [-0.4, -0.2) is 28.8 Å². The summed E-state index contributed by atoms with van der Waals surface area (Å²) in [6, 6.07) is 11.5. The summed E-state index contributed by atoms with van der Waals surface area (Å²) in [7, 11) is 0. The number of nitrogens with two attached hydrogens (primary N) is 1. The number of carbonyl (C=O) groups is 3. The third-order valence-electron chi connectivity index (χ3n) is 5.83. The summed E-state index contributed by atoms with van der Waals surface area (Å²) < 4.78 is 21.5. The smallest absolute Gasteiger partial charge is 0.343 e. The average molecular weight is 555 g/mol. The summed E-state index contributed by atoms with van der Waals surface area (Å²) in [5, 5.41) is 5.39. The van der Waals surface area contributed by atoms with Crippen LogP contribution in [-0.2, 0) is 6.54 Å². The number of nitrogens with zero attached hydrogens (tertiary/aromatic N) is 1. The van der Waals surface area contributed by atoms with Crippen molar-refractivity contribution in [3.8, 4) is 5.75 Å². The topological polar surface area (TPSA) is 123 Å². The lowest BCUT2D eigenvalue weighted by molar-refractivity contribution is 0.0730. The molecule has 1 heterocycles. The number of Topliss-reactive ketones (excluding diaryl/α,β-unsaturated/α-hetero) is 1. The Bertz CT molecular complexity index is 1300. The van der Waals surface area contributed by atoms with Gasteiger partial charge in [-0.15, -0.1) is 0 Å². The van der Waals surface area contributed by atoms with E-state index in [1.54, 1.807) is 49.5 Å². The molecule has 0 aliphatic heterocycles. The SMILES string of the molecule is CCC(=O)c1ccc(F)c([C@@H]2C[C@@H]2NC(=O)Nc2ccc(Br)cn2)c1OC(=O)c1ccc(CN)cc1. The number of anilines is 1. The molecular weight excluding hydrogens is 531 g/mol. The second-order valence-electron chi connectivity index (χ2n) is 8.31. The maximum atomic E-state index is 15.1. The number of ether oxygens (including phenoxy) is 1. The number of benzene rings is 2. The van der Waals surface area contributed by atoms with E-state index >= 15 is 4.39 Å². The molecule has 3 aromatic rings. The fraction of sp³-hybridized carbons (Fsp3) is 0.231. The fourth-order valence-corrected chi connectivity index (χ4v) is 4.05. The van der Waals surface area contributed by atoms with Crippen molar-refractivity contribution >= 4 is 39.5 Å². The lowest BCUT2D eigenvalue weighted by Crippen LogP contribution is -2.31. The second-order valence-corrected chi connectivity index (χ2v) is 9.23. The van der Waals surface area contributed by atoms with Crippen molar-refractivity contribution in [2.75, 3.05) is 5.32 Å². The molecule has 2 amide bonds. The minimum absolute atomic E-state index is 0.0910. The number of aromatic nitrogens is 1. The molecule has 4 rings (SSSR count). The molecule has 0 unspecified atom stereocenters. The summed E-state index contributed by atoms with van der Waals surface area (Å²) in [5.74, 6) is -1.86. The molecule has 2 aromatic carbocycles. The van der Waals surface area contributed by atoms with Crippen molar-refractivity contribution in [3.63, 3.8) is 0 Å². The number of nitrogens with one attached hydrogen (secondary N) is 2. The van der Waals surface area contributed by atoms with Crippen molar-refractivity contribution in [2.45, 2.75) is 38.3 Å². The Kier molecular flexibility index (Phi) is 7.76. The van der Waals surface area contributed by atoms with Crippen LogP contribution in [0.3, 0.4) is 0 Å². The third kappa shape index (κ3) is 5.77. The first kappa shape index (κ1) is 25.5. The van der Waals surface area contributed by atoms with Crippen LogP contribution in [0.4, 0.5) is 15.0 Å². The monoisotopic (exact) mass is 554 g/mol. The molecule has 1 saturated carbocycles. The molecular formula is C26H24BrFN4O4. The Hall–Kier alpha value is -3.63. The maximum absolute atomic E-state index is 15.1. The number of urea groups is 1. The molecule has 186 valence electrons. The largest absolute Gasteiger partial charge is 0.422 e. The second kappa shape index (κ2) is 11.0. The van der Waals surface area contributed by atoms with Crippen LogP contribution in [0.25, 0.3) is 0 Å². The molecule has 1 fully saturated rings. The number of halogens is 2. The Balaban J connectivity index is 1.56. The van der Waals surface area contributed by atoms with Gasteiger partial charge in [0.15, 0.2) is 5.78 Å². The lowest BCUT2D eigenvalue weighted by atomic mass is 9.99. The highest BCUT2D eigenvalue weighted by atomic mass is 79.9. The van der Waals surface area contributed by atoms with Gasteiger partial charge in [-0.05, 0) is 64.3 Å². The van der Waals surface area contributed by atoms with E-state index < -0.39 is 29.8 Å². The quantitative estimate of drug-likeness (QED) is 0.206. The van der Waals surface area contributed by atoms with Crippen LogP contribution in [0.1, 0.15) is 57.5 Å². The average Bonchev–Trinajstić information content (AvgIpc) is 3.63. The summed E-state index contributed by atoms with van der Waals surface area (Å²) in [6.45, 7) is 1.99. The molecule has 0 bridgehead atoms. The van der Waals surface area contributed by atoms with Gasteiger partial charge in [-0.25, -0.2) is 19.0 Å². The predicted octanol–water partition coefficient (Wildman–Crippen LogP) is 4.93. The van der Waals surface area contributed by atoms with Crippen LogP contribution in [0.2, 0.25) is 0 Å². The van der Waals surface area contributed by atoms with E-state index in [1.165, 1.54) is 12.1 Å². The van der Waals surface area contributed by atoms with Gasteiger partial charge in [-0.2, -0.15) is 0 Å². The fourth-order valence-electron chi connectivity index (χ4n) is 3.81. The molecule has 1 aliphatic carbocycles. The maximum Gasteiger partial charge on any atom is 0.343 e. The number of hydrogen-bond acceptors (Lipinski definition) is 6. The minimum atomic E-state index is -0.722. The van der Waals surface area contributed by atoms with E-state index in [1.807, 2.05) is 0 Å². The van der Waals surface area contributed by atoms with E-state index in [0.29, 0.717) is 18.8 Å². The zero-order valence-corrected chi connectivity index (χ0v) is 21.0. The number of hydrogen-bond donors (Lipinski definition) is 3. The van der Waals surface area contributed by atoms with Crippen molar-refractivity contribution < 1.29 is 23.5 Å². The Labute approximate surface area is 215 Å². The van der Waals surface area contributed by atoms with E-state index in [-0.39, 0.29) is 34.6 Å². The molecule has 8 nitrogen and oxygen atoms in total. The predicted molar refractivity (Wildman–Crippen MR) is 136 cm³/mol. The van der Waals surface area contributed by atoms with Gasteiger partial charge in [0.05, 0.1) is 11.1 Å². The normalized spacial score (nSPS) is 16.2. The Morgan fingerprint density at radius 2 is 1.89 bits per heavy atom. The number of esters is 1. The summed E-state index contributed by atoms with van der Waals surface area (Å²) in [5.41, 5.74) is 6.89. The van der Waals surface area contributed by atoms with Gasteiger partial charge in [-0.3, -0.25) is 10.1 Å². The Morgan fingerprint density at radius 3 is 2.53 bits per heavy atom. The van der Waals surface area contributed by atoms with E-state index in [2.05, 4.69) is 31.5 Å². The van der Waals surface area contributed by atoms with Crippen molar-refractivity contribution in [3.05, 3.63) is 87.3 Å². The van der Waals surface area contributed by atoms with E-state index in [9.17, 15) is 14.4 Å².